The van der Waals surface area contributed by atoms with Crippen LogP contribution in [0.2, 0.25) is 0 Å². The van der Waals surface area contributed by atoms with Gasteiger partial charge in [0.1, 0.15) is 5.75 Å². The monoisotopic (exact) mass is 195 g/mol. The number of rotatable bonds is 5. The van der Waals surface area contributed by atoms with E-state index in [0.717, 1.165) is 24.2 Å². The quantitative estimate of drug-likeness (QED) is 0.550. The van der Waals surface area contributed by atoms with Crippen LogP contribution in [-0.2, 0) is 0 Å². The molecule has 1 rings (SSSR count). The molecule has 3 N–H and O–H groups in total. The molecule has 1 unspecified atom stereocenters. The molecule has 0 fully saturated rings. The van der Waals surface area contributed by atoms with Crippen LogP contribution in [0, 0.1) is 0 Å². The number of pyridine rings is 1. The van der Waals surface area contributed by atoms with Gasteiger partial charge in [-0.3, -0.25) is 16.3 Å². The van der Waals surface area contributed by atoms with E-state index in [9.17, 15) is 0 Å². The highest BCUT2D eigenvalue weighted by Gasteiger charge is 2.09. The Kier molecular flexibility index (Phi) is 4.35. The molecular weight excluding hydrogens is 178 g/mol. The fraction of sp³-hybridized carbons (Fsp3) is 0.500. The Hall–Kier alpha value is -1.13. The Bertz CT molecular complexity index is 278. The lowest BCUT2D eigenvalue weighted by atomic mass is 10.1. The molecule has 0 saturated heterocycles. The number of methoxy groups -OCH3 is 1. The van der Waals surface area contributed by atoms with Gasteiger partial charge in [0, 0.05) is 12.2 Å². The third kappa shape index (κ3) is 2.68. The van der Waals surface area contributed by atoms with Crippen molar-refractivity contribution in [2.75, 3.05) is 7.11 Å². The van der Waals surface area contributed by atoms with Crippen molar-refractivity contribution in [3.05, 3.63) is 24.0 Å². The maximum atomic E-state index is 5.46. The summed E-state index contributed by atoms with van der Waals surface area (Å²) in [7, 11) is 1.63. The zero-order valence-electron chi connectivity index (χ0n) is 8.66. The van der Waals surface area contributed by atoms with E-state index < -0.39 is 0 Å². The first-order valence-corrected chi connectivity index (χ1v) is 4.76. The molecule has 0 aliphatic carbocycles. The van der Waals surface area contributed by atoms with Gasteiger partial charge in [-0.2, -0.15) is 0 Å². The Labute approximate surface area is 84.4 Å². The highest BCUT2D eigenvalue weighted by atomic mass is 16.5. The standard InChI is InChI=1S/C10H17N3O/c1-3-4-10(13-11)8-5-9(14-2)7-12-6-8/h5-7,10,13H,3-4,11H2,1-2H3. The van der Waals surface area contributed by atoms with Crippen LogP contribution in [0.1, 0.15) is 31.4 Å². The van der Waals surface area contributed by atoms with Gasteiger partial charge in [-0.15, -0.1) is 0 Å². The van der Waals surface area contributed by atoms with E-state index in [1.165, 1.54) is 0 Å². The molecule has 1 atom stereocenters. The number of hydrogen-bond acceptors (Lipinski definition) is 4. The van der Waals surface area contributed by atoms with Gasteiger partial charge in [-0.1, -0.05) is 13.3 Å². The average molecular weight is 195 g/mol. The van der Waals surface area contributed by atoms with Crippen molar-refractivity contribution in [3.8, 4) is 5.75 Å². The Balaban J connectivity index is 2.80. The van der Waals surface area contributed by atoms with Crippen LogP contribution in [-0.4, -0.2) is 12.1 Å². The molecule has 0 amide bonds. The maximum absolute atomic E-state index is 5.46. The van der Waals surface area contributed by atoms with Crippen LogP contribution in [0.4, 0.5) is 0 Å². The molecular formula is C10H17N3O. The summed E-state index contributed by atoms with van der Waals surface area (Å²) in [6.45, 7) is 2.12. The lowest BCUT2D eigenvalue weighted by molar-refractivity contribution is 0.410. The molecule has 0 aliphatic heterocycles. The van der Waals surface area contributed by atoms with E-state index in [2.05, 4.69) is 17.3 Å². The SMILES string of the molecule is CCCC(NN)c1cncc(OC)c1. The summed E-state index contributed by atoms with van der Waals surface area (Å²) in [5.41, 5.74) is 3.84. The van der Waals surface area contributed by atoms with Crippen molar-refractivity contribution in [2.24, 2.45) is 5.84 Å². The summed E-state index contributed by atoms with van der Waals surface area (Å²) in [4.78, 5) is 4.09. The normalized spacial score (nSPS) is 12.5. The van der Waals surface area contributed by atoms with Gasteiger partial charge in [-0.25, -0.2) is 0 Å². The van der Waals surface area contributed by atoms with Crippen molar-refractivity contribution in [3.63, 3.8) is 0 Å². The van der Waals surface area contributed by atoms with Crippen LogP contribution in [0.3, 0.4) is 0 Å². The number of ether oxygens (including phenoxy) is 1. The molecule has 4 nitrogen and oxygen atoms in total. The summed E-state index contributed by atoms with van der Waals surface area (Å²) in [5.74, 6) is 6.23. The smallest absolute Gasteiger partial charge is 0.137 e. The topological polar surface area (TPSA) is 60.2 Å². The molecule has 0 aliphatic rings. The lowest BCUT2D eigenvalue weighted by Crippen LogP contribution is -2.27. The van der Waals surface area contributed by atoms with Gasteiger partial charge in [0.2, 0.25) is 0 Å². The van der Waals surface area contributed by atoms with Gasteiger partial charge in [0.15, 0.2) is 0 Å². The van der Waals surface area contributed by atoms with Gasteiger partial charge >= 0.3 is 0 Å². The van der Waals surface area contributed by atoms with Gasteiger partial charge in [-0.05, 0) is 18.1 Å². The highest BCUT2D eigenvalue weighted by molar-refractivity contribution is 5.25. The number of nitrogens with zero attached hydrogens (tertiary/aromatic N) is 1. The van der Waals surface area contributed by atoms with Crippen molar-refractivity contribution in [1.82, 2.24) is 10.4 Å². The van der Waals surface area contributed by atoms with Crippen molar-refractivity contribution in [1.29, 1.82) is 0 Å². The molecule has 0 bridgehead atoms. The number of nitrogens with one attached hydrogen (secondary N) is 1. The minimum atomic E-state index is 0.155. The summed E-state index contributed by atoms with van der Waals surface area (Å²) in [6.07, 6.45) is 5.56. The maximum Gasteiger partial charge on any atom is 0.137 e. The summed E-state index contributed by atoms with van der Waals surface area (Å²) in [6, 6.07) is 2.11. The van der Waals surface area contributed by atoms with E-state index in [1.807, 2.05) is 12.3 Å². The minimum absolute atomic E-state index is 0.155. The molecule has 78 valence electrons. The summed E-state index contributed by atoms with van der Waals surface area (Å²) >= 11 is 0. The van der Waals surface area contributed by atoms with E-state index in [1.54, 1.807) is 13.3 Å². The number of nitrogens with two attached hydrogens (primary N) is 1. The molecule has 1 aromatic heterocycles. The molecule has 1 heterocycles. The first-order chi connectivity index (χ1) is 6.81. The van der Waals surface area contributed by atoms with Crippen LogP contribution in [0.5, 0.6) is 5.75 Å². The van der Waals surface area contributed by atoms with E-state index in [0.29, 0.717) is 0 Å². The third-order valence-corrected chi connectivity index (χ3v) is 2.15. The van der Waals surface area contributed by atoms with Crippen molar-refractivity contribution < 1.29 is 4.74 Å². The fourth-order valence-electron chi connectivity index (χ4n) is 1.37. The Morgan fingerprint density at radius 1 is 1.57 bits per heavy atom. The van der Waals surface area contributed by atoms with Crippen molar-refractivity contribution >= 4 is 0 Å². The minimum Gasteiger partial charge on any atom is -0.495 e. The Morgan fingerprint density at radius 2 is 2.36 bits per heavy atom. The predicted molar refractivity (Wildman–Crippen MR) is 55.8 cm³/mol. The molecule has 14 heavy (non-hydrogen) atoms. The van der Waals surface area contributed by atoms with E-state index in [4.69, 9.17) is 10.6 Å². The van der Waals surface area contributed by atoms with Crippen LogP contribution >= 0.6 is 0 Å². The van der Waals surface area contributed by atoms with Gasteiger partial charge < -0.3 is 4.74 Å². The third-order valence-electron chi connectivity index (χ3n) is 2.15. The average Bonchev–Trinajstić information content (AvgIpc) is 2.26. The predicted octanol–water partition coefficient (Wildman–Crippen LogP) is 1.39. The zero-order valence-corrected chi connectivity index (χ0v) is 8.66. The molecule has 0 aromatic carbocycles. The fourth-order valence-corrected chi connectivity index (χ4v) is 1.37. The first-order valence-electron chi connectivity index (χ1n) is 4.76. The molecule has 0 radical (unpaired) electrons. The van der Waals surface area contributed by atoms with Crippen molar-refractivity contribution in [2.45, 2.75) is 25.8 Å². The zero-order chi connectivity index (χ0) is 10.4. The number of hydrogen-bond donors (Lipinski definition) is 2. The second-order valence-electron chi connectivity index (χ2n) is 3.17. The largest absolute Gasteiger partial charge is 0.495 e. The first kappa shape index (κ1) is 10.9. The number of aromatic nitrogens is 1. The van der Waals surface area contributed by atoms with Gasteiger partial charge in [0.25, 0.3) is 0 Å². The van der Waals surface area contributed by atoms with Crippen LogP contribution in [0.15, 0.2) is 18.5 Å². The molecule has 4 heteroatoms. The lowest BCUT2D eigenvalue weighted by Gasteiger charge is -2.15. The Morgan fingerprint density at radius 3 is 2.93 bits per heavy atom. The molecule has 1 aromatic rings. The molecule has 0 saturated carbocycles. The van der Waals surface area contributed by atoms with Crippen LogP contribution < -0.4 is 16.0 Å². The second kappa shape index (κ2) is 5.57. The summed E-state index contributed by atoms with van der Waals surface area (Å²) in [5, 5.41) is 0. The molecule has 0 spiro atoms. The van der Waals surface area contributed by atoms with Crippen LogP contribution in [0.25, 0.3) is 0 Å². The van der Waals surface area contributed by atoms with E-state index in [-0.39, 0.29) is 6.04 Å². The number of hydrazine groups is 1. The highest BCUT2D eigenvalue weighted by Crippen LogP contribution is 2.20. The van der Waals surface area contributed by atoms with E-state index >= 15 is 0 Å². The summed E-state index contributed by atoms with van der Waals surface area (Å²) < 4.78 is 5.10. The second-order valence-corrected chi connectivity index (χ2v) is 3.17. The van der Waals surface area contributed by atoms with Gasteiger partial charge in [0.05, 0.1) is 13.3 Å².